The lowest BCUT2D eigenvalue weighted by atomic mass is 10.1. The molecule has 0 bridgehead atoms. The van der Waals surface area contributed by atoms with Gasteiger partial charge in [0.25, 0.3) is 5.91 Å². The Labute approximate surface area is 184 Å². The van der Waals surface area contributed by atoms with E-state index in [1.807, 2.05) is 35.6 Å². The largest absolute Gasteiger partial charge is 0.377 e. The zero-order chi connectivity index (χ0) is 22.2. The SMILES string of the molecule is COCc1nnc2c3ccccc3nc(N3CCN(C(=O)c4ccccc4F)[C@H](C)C3)n12. The summed E-state index contributed by atoms with van der Waals surface area (Å²) in [6.45, 7) is 3.81. The van der Waals surface area contributed by atoms with Crippen LogP contribution in [-0.2, 0) is 11.3 Å². The monoisotopic (exact) mass is 434 g/mol. The standard InChI is InChI=1S/C23H23FN6O2/c1-15-13-28(11-12-29(15)22(31)16-7-3-5-9-18(16)24)23-25-19-10-6-4-8-17(19)21-27-26-20(14-32-2)30(21)23/h3-10,15H,11-14H2,1-2H3/t15-/m1/s1. The van der Waals surface area contributed by atoms with Gasteiger partial charge in [-0.15, -0.1) is 10.2 Å². The summed E-state index contributed by atoms with van der Waals surface area (Å²) >= 11 is 0. The molecule has 0 unspecified atom stereocenters. The number of halogens is 1. The van der Waals surface area contributed by atoms with Crippen LogP contribution in [0.15, 0.2) is 48.5 Å². The second-order valence-corrected chi connectivity index (χ2v) is 7.91. The van der Waals surface area contributed by atoms with Crippen LogP contribution in [0.1, 0.15) is 23.1 Å². The van der Waals surface area contributed by atoms with E-state index in [4.69, 9.17) is 9.72 Å². The van der Waals surface area contributed by atoms with Gasteiger partial charge in [-0.1, -0.05) is 24.3 Å². The Morgan fingerprint density at radius 2 is 1.91 bits per heavy atom. The number of benzene rings is 2. The van der Waals surface area contributed by atoms with Gasteiger partial charge < -0.3 is 14.5 Å². The van der Waals surface area contributed by atoms with Gasteiger partial charge in [-0.2, -0.15) is 0 Å². The minimum atomic E-state index is -0.501. The van der Waals surface area contributed by atoms with E-state index in [1.165, 1.54) is 12.1 Å². The third kappa shape index (κ3) is 3.34. The molecule has 8 nitrogen and oxygen atoms in total. The van der Waals surface area contributed by atoms with Gasteiger partial charge in [0, 0.05) is 38.2 Å². The molecule has 32 heavy (non-hydrogen) atoms. The number of piperazine rings is 1. The van der Waals surface area contributed by atoms with Crippen molar-refractivity contribution in [3.63, 3.8) is 0 Å². The van der Waals surface area contributed by atoms with Crippen molar-refractivity contribution in [1.82, 2.24) is 24.5 Å². The molecule has 164 valence electrons. The number of amides is 1. The predicted octanol–water partition coefficient (Wildman–Crippen LogP) is 2.91. The van der Waals surface area contributed by atoms with Crippen molar-refractivity contribution in [2.75, 3.05) is 31.6 Å². The molecule has 1 aliphatic rings. The summed E-state index contributed by atoms with van der Waals surface area (Å²) in [5, 5.41) is 9.62. The number of hydrogen-bond acceptors (Lipinski definition) is 6. The van der Waals surface area contributed by atoms with Crippen LogP contribution in [0.2, 0.25) is 0 Å². The van der Waals surface area contributed by atoms with Crippen molar-refractivity contribution < 1.29 is 13.9 Å². The predicted molar refractivity (Wildman–Crippen MR) is 118 cm³/mol. The van der Waals surface area contributed by atoms with E-state index in [0.29, 0.717) is 38.0 Å². The summed E-state index contributed by atoms with van der Waals surface area (Å²) in [7, 11) is 1.62. The fraction of sp³-hybridized carbons (Fsp3) is 0.304. The highest BCUT2D eigenvalue weighted by molar-refractivity contribution is 5.95. The first-order valence-corrected chi connectivity index (χ1v) is 10.5. The van der Waals surface area contributed by atoms with Gasteiger partial charge in [0.1, 0.15) is 12.4 Å². The first kappa shape index (κ1) is 20.3. The van der Waals surface area contributed by atoms with Crippen molar-refractivity contribution in [3.05, 3.63) is 65.7 Å². The number of para-hydroxylation sites is 1. The van der Waals surface area contributed by atoms with E-state index in [9.17, 15) is 9.18 Å². The Morgan fingerprint density at radius 1 is 1.12 bits per heavy atom. The number of aromatic nitrogens is 4. The molecule has 1 amide bonds. The molecule has 5 rings (SSSR count). The molecule has 4 aromatic rings. The maximum atomic E-state index is 14.2. The smallest absolute Gasteiger partial charge is 0.257 e. The number of carbonyl (C=O) groups excluding carboxylic acids is 1. The average Bonchev–Trinajstić information content (AvgIpc) is 3.23. The number of anilines is 1. The average molecular weight is 434 g/mol. The first-order chi connectivity index (χ1) is 15.6. The van der Waals surface area contributed by atoms with Crippen LogP contribution >= 0.6 is 0 Å². The van der Waals surface area contributed by atoms with Crippen molar-refractivity contribution in [1.29, 1.82) is 0 Å². The molecule has 0 N–H and O–H groups in total. The quantitative estimate of drug-likeness (QED) is 0.492. The zero-order valence-corrected chi connectivity index (χ0v) is 17.9. The fourth-order valence-corrected chi connectivity index (χ4v) is 4.28. The van der Waals surface area contributed by atoms with Crippen LogP contribution in [0.25, 0.3) is 16.6 Å². The molecule has 2 aromatic heterocycles. The molecular formula is C23H23FN6O2. The van der Waals surface area contributed by atoms with Gasteiger partial charge in [0.2, 0.25) is 5.95 Å². The lowest BCUT2D eigenvalue weighted by Gasteiger charge is -2.40. The molecule has 0 saturated carbocycles. The van der Waals surface area contributed by atoms with Gasteiger partial charge in [0.15, 0.2) is 11.5 Å². The number of carbonyl (C=O) groups is 1. The molecule has 9 heteroatoms. The van der Waals surface area contributed by atoms with Crippen LogP contribution in [-0.4, -0.2) is 63.2 Å². The number of nitrogens with zero attached hydrogens (tertiary/aromatic N) is 6. The van der Waals surface area contributed by atoms with Gasteiger partial charge in [-0.3, -0.25) is 4.79 Å². The topological polar surface area (TPSA) is 75.9 Å². The molecule has 1 aliphatic heterocycles. The molecule has 0 radical (unpaired) electrons. The Balaban J connectivity index is 1.50. The third-order valence-electron chi connectivity index (χ3n) is 5.84. The summed E-state index contributed by atoms with van der Waals surface area (Å²) in [4.78, 5) is 21.7. The minimum absolute atomic E-state index is 0.0974. The number of fused-ring (bicyclic) bond motifs is 3. The Morgan fingerprint density at radius 3 is 2.69 bits per heavy atom. The Hall–Kier alpha value is -3.59. The van der Waals surface area contributed by atoms with E-state index in [0.717, 1.165) is 16.6 Å². The van der Waals surface area contributed by atoms with Gasteiger partial charge in [-0.05, 0) is 31.2 Å². The van der Waals surface area contributed by atoms with Crippen molar-refractivity contribution >= 4 is 28.4 Å². The van der Waals surface area contributed by atoms with Crippen LogP contribution < -0.4 is 4.90 Å². The van der Waals surface area contributed by atoms with Gasteiger partial charge >= 0.3 is 0 Å². The van der Waals surface area contributed by atoms with Gasteiger partial charge in [0.05, 0.1) is 11.1 Å². The lowest BCUT2D eigenvalue weighted by Crippen LogP contribution is -2.54. The second-order valence-electron chi connectivity index (χ2n) is 7.91. The molecule has 1 atom stereocenters. The van der Waals surface area contributed by atoms with Crippen LogP contribution in [0.4, 0.5) is 10.3 Å². The van der Waals surface area contributed by atoms with Crippen molar-refractivity contribution in [2.45, 2.75) is 19.6 Å². The van der Waals surface area contributed by atoms with E-state index in [1.54, 1.807) is 24.1 Å². The van der Waals surface area contributed by atoms with Crippen LogP contribution in [0.3, 0.4) is 0 Å². The maximum absolute atomic E-state index is 14.2. The molecule has 2 aromatic carbocycles. The lowest BCUT2D eigenvalue weighted by molar-refractivity contribution is 0.0668. The summed E-state index contributed by atoms with van der Waals surface area (Å²) < 4.78 is 21.4. The number of hydrogen-bond donors (Lipinski definition) is 0. The van der Waals surface area contributed by atoms with Gasteiger partial charge in [-0.25, -0.2) is 13.8 Å². The van der Waals surface area contributed by atoms with Crippen molar-refractivity contribution in [3.8, 4) is 0 Å². The second kappa shape index (κ2) is 8.16. The molecule has 1 fully saturated rings. The van der Waals surface area contributed by atoms with Crippen LogP contribution in [0.5, 0.6) is 0 Å². The highest BCUT2D eigenvalue weighted by Gasteiger charge is 2.31. The highest BCUT2D eigenvalue weighted by atomic mass is 19.1. The van der Waals surface area contributed by atoms with E-state index < -0.39 is 5.82 Å². The zero-order valence-electron chi connectivity index (χ0n) is 17.9. The number of ether oxygens (including phenoxy) is 1. The number of methoxy groups -OCH3 is 1. The maximum Gasteiger partial charge on any atom is 0.257 e. The van der Waals surface area contributed by atoms with Crippen molar-refractivity contribution in [2.24, 2.45) is 0 Å². The summed E-state index contributed by atoms with van der Waals surface area (Å²) in [5.41, 5.74) is 1.64. The van der Waals surface area contributed by atoms with E-state index in [-0.39, 0.29) is 17.5 Å². The fourth-order valence-electron chi connectivity index (χ4n) is 4.28. The Kier molecular flexibility index (Phi) is 5.18. The Bertz CT molecular complexity index is 1310. The summed E-state index contributed by atoms with van der Waals surface area (Å²) in [6, 6.07) is 13.8. The van der Waals surface area contributed by atoms with E-state index >= 15 is 0 Å². The molecule has 0 aliphatic carbocycles. The first-order valence-electron chi connectivity index (χ1n) is 10.5. The summed E-state index contributed by atoms with van der Waals surface area (Å²) in [5.74, 6) is 0.573. The minimum Gasteiger partial charge on any atom is -0.377 e. The van der Waals surface area contributed by atoms with Crippen LogP contribution in [0, 0.1) is 5.82 Å². The number of rotatable bonds is 4. The molecule has 0 spiro atoms. The summed E-state index contributed by atoms with van der Waals surface area (Å²) in [6.07, 6.45) is 0. The highest BCUT2D eigenvalue weighted by Crippen LogP contribution is 2.26. The third-order valence-corrected chi connectivity index (χ3v) is 5.84. The molecule has 3 heterocycles. The normalized spacial score (nSPS) is 16.8. The molecular weight excluding hydrogens is 411 g/mol. The van der Waals surface area contributed by atoms with E-state index in [2.05, 4.69) is 15.1 Å². The molecule has 1 saturated heterocycles.